The normalized spacial score (nSPS) is 12.1. The third kappa shape index (κ3) is 7.29. The van der Waals surface area contributed by atoms with E-state index in [0.717, 1.165) is 22.0 Å². The van der Waals surface area contributed by atoms with Crippen LogP contribution in [0.5, 0.6) is 0 Å². The molecule has 0 spiro atoms. The second-order valence-corrected chi connectivity index (χ2v) is 11.2. The minimum atomic E-state index is -1.06. The third-order valence-electron chi connectivity index (χ3n) is 6.22. The largest absolute Gasteiger partial charge is 0.480 e. The molecule has 0 aliphatic heterocycles. The number of aromatic nitrogens is 1. The van der Waals surface area contributed by atoms with E-state index in [1.807, 2.05) is 60.7 Å². The molecule has 0 saturated carbocycles. The highest BCUT2D eigenvalue weighted by molar-refractivity contribution is 7.13. The molecule has 1 unspecified atom stereocenters. The average Bonchev–Trinajstić information content (AvgIpc) is 3.41. The highest BCUT2D eigenvalue weighted by atomic mass is 32.1. The van der Waals surface area contributed by atoms with Crippen molar-refractivity contribution in [2.75, 3.05) is 4.90 Å². The number of carboxylic acids is 1. The van der Waals surface area contributed by atoms with Crippen LogP contribution in [0.4, 0.5) is 5.13 Å². The van der Waals surface area contributed by atoms with Crippen molar-refractivity contribution < 1.29 is 14.7 Å². The van der Waals surface area contributed by atoms with Gasteiger partial charge in [-0.15, -0.1) is 11.3 Å². The highest BCUT2D eigenvalue weighted by Crippen LogP contribution is 2.30. The number of amides is 1. The van der Waals surface area contributed by atoms with Gasteiger partial charge in [0.25, 0.3) is 5.91 Å². The van der Waals surface area contributed by atoms with Gasteiger partial charge >= 0.3 is 5.97 Å². The standard InChI is InChI=1S/C31H33N3O3S/c1-31(2,3)27-21-38-30(33-27)34(19-23-12-8-5-9-13-23)20-24-14-16-25(17-15-24)28(35)32-26(29(36)37)18-22-10-6-4-7-11-22/h4-17,21,26H,18-20H2,1-3H3,(H,32,35)(H,36,37). The summed E-state index contributed by atoms with van der Waals surface area (Å²) in [6.07, 6.45) is 0.221. The fourth-order valence-electron chi connectivity index (χ4n) is 4.02. The van der Waals surface area contributed by atoms with Gasteiger partial charge in [-0.2, -0.15) is 0 Å². The molecular formula is C31H33N3O3S. The van der Waals surface area contributed by atoms with Crippen LogP contribution in [-0.2, 0) is 29.7 Å². The molecule has 6 nitrogen and oxygen atoms in total. The lowest BCUT2D eigenvalue weighted by atomic mass is 9.93. The van der Waals surface area contributed by atoms with E-state index in [2.05, 4.69) is 48.5 Å². The maximum absolute atomic E-state index is 12.8. The first-order valence-electron chi connectivity index (χ1n) is 12.6. The molecule has 1 atom stereocenters. The molecule has 0 saturated heterocycles. The zero-order valence-corrected chi connectivity index (χ0v) is 22.7. The zero-order valence-electron chi connectivity index (χ0n) is 21.9. The van der Waals surface area contributed by atoms with Crippen molar-refractivity contribution in [1.82, 2.24) is 10.3 Å². The van der Waals surface area contributed by atoms with Crippen LogP contribution in [0, 0.1) is 0 Å². The first-order valence-corrected chi connectivity index (χ1v) is 13.5. The minimum Gasteiger partial charge on any atom is -0.480 e. The van der Waals surface area contributed by atoms with Crippen LogP contribution in [-0.4, -0.2) is 28.0 Å². The van der Waals surface area contributed by atoms with Gasteiger partial charge in [-0.05, 0) is 28.8 Å². The number of hydrogen-bond acceptors (Lipinski definition) is 5. The molecule has 1 heterocycles. The van der Waals surface area contributed by atoms with Crippen molar-refractivity contribution in [1.29, 1.82) is 0 Å². The Morgan fingerprint density at radius 3 is 1.95 bits per heavy atom. The summed E-state index contributed by atoms with van der Waals surface area (Å²) in [7, 11) is 0. The van der Waals surface area contributed by atoms with Crippen molar-refractivity contribution in [2.24, 2.45) is 0 Å². The highest BCUT2D eigenvalue weighted by Gasteiger charge is 2.22. The van der Waals surface area contributed by atoms with Gasteiger partial charge in [0, 0.05) is 35.9 Å². The average molecular weight is 528 g/mol. The van der Waals surface area contributed by atoms with Crippen molar-refractivity contribution in [2.45, 2.75) is 51.7 Å². The number of thiazole rings is 1. The summed E-state index contributed by atoms with van der Waals surface area (Å²) in [5.74, 6) is -1.47. The summed E-state index contributed by atoms with van der Waals surface area (Å²) in [6, 6.07) is 25.9. The Labute approximate surface area is 228 Å². The van der Waals surface area contributed by atoms with Crippen molar-refractivity contribution in [3.05, 3.63) is 118 Å². The van der Waals surface area contributed by atoms with Gasteiger partial charge in [0.05, 0.1) is 5.69 Å². The Balaban J connectivity index is 1.48. The quantitative estimate of drug-likeness (QED) is 0.261. The number of benzene rings is 3. The van der Waals surface area contributed by atoms with E-state index >= 15 is 0 Å². The van der Waals surface area contributed by atoms with E-state index in [1.165, 1.54) is 5.56 Å². The molecule has 7 heteroatoms. The van der Waals surface area contributed by atoms with Crippen LogP contribution in [0.15, 0.2) is 90.3 Å². The molecule has 0 fully saturated rings. The Morgan fingerprint density at radius 1 is 0.868 bits per heavy atom. The number of carbonyl (C=O) groups is 2. The molecule has 2 N–H and O–H groups in total. The number of aliphatic carboxylic acids is 1. The number of carbonyl (C=O) groups excluding carboxylic acids is 1. The second-order valence-electron chi connectivity index (χ2n) is 10.4. The van der Waals surface area contributed by atoms with Gasteiger partial charge in [-0.3, -0.25) is 4.79 Å². The Morgan fingerprint density at radius 2 is 1.42 bits per heavy atom. The lowest BCUT2D eigenvalue weighted by Crippen LogP contribution is -2.42. The topological polar surface area (TPSA) is 82.5 Å². The van der Waals surface area contributed by atoms with Crippen LogP contribution >= 0.6 is 11.3 Å². The first-order chi connectivity index (χ1) is 18.2. The van der Waals surface area contributed by atoms with Crippen molar-refractivity contribution in [3.8, 4) is 0 Å². The first kappa shape index (κ1) is 27.1. The molecule has 0 radical (unpaired) electrons. The molecule has 3 aromatic carbocycles. The smallest absolute Gasteiger partial charge is 0.326 e. The summed E-state index contributed by atoms with van der Waals surface area (Å²) < 4.78 is 0. The maximum Gasteiger partial charge on any atom is 0.326 e. The van der Waals surface area contributed by atoms with E-state index in [9.17, 15) is 14.7 Å². The summed E-state index contributed by atoms with van der Waals surface area (Å²) in [4.78, 5) is 31.8. The van der Waals surface area contributed by atoms with Gasteiger partial charge in [0.1, 0.15) is 6.04 Å². The summed E-state index contributed by atoms with van der Waals surface area (Å²) in [5, 5.41) is 15.4. The van der Waals surface area contributed by atoms with Crippen LogP contribution in [0.1, 0.15) is 53.5 Å². The van der Waals surface area contributed by atoms with Gasteiger partial charge in [0.2, 0.25) is 0 Å². The third-order valence-corrected chi connectivity index (χ3v) is 7.12. The van der Waals surface area contributed by atoms with Crippen LogP contribution in [0.2, 0.25) is 0 Å². The summed E-state index contributed by atoms with van der Waals surface area (Å²) in [6.45, 7) is 7.81. The van der Waals surface area contributed by atoms with E-state index in [-0.39, 0.29) is 11.8 Å². The van der Waals surface area contributed by atoms with Crippen molar-refractivity contribution >= 4 is 28.3 Å². The molecule has 0 aliphatic carbocycles. The summed E-state index contributed by atoms with van der Waals surface area (Å²) in [5.41, 5.74) is 4.53. The fourth-order valence-corrected chi connectivity index (χ4v) is 5.07. The van der Waals surface area contributed by atoms with Crippen LogP contribution in [0.3, 0.4) is 0 Å². The molecule has 1 amide bonds. The molecule has 38 heavy (non-hydrogen) atoms. The number of rotatable bonds is 10. The Kier molecular flexibility index (Phi) is 8.59. The lowest BCUT2D eigenvalue weighted by molar-refractivity contribution is -0.139. The summed E-state index contributed by atoms with van der Waals surface area (Å²) >= 11 is 1.64. The van der Waals surface area contributed by atoms with Gasteiger partial charge in [0.15, 0.2) is 5.13 Å². The Hall–Kier alpha value is -3.97. The van der Waals surface area contributed by atoms with Gasteiger partial charge in [-0.25, -0.2) is 9.78 Å². The number of carboxylic acid groups (broad SMARTS) is 1. The van der Waals surface area contributed by atoms with Gasteiger partial charge in [-0.1, -0.05) is 93.6 Å². The Bertz CT molecular complexity index is 1350. The monoisotopic (exact) mass is 527 g/mol. The molecule has 196 valence electrons. The van der Waals surface area contributed by atoms with Crippen molar-refractivity contribution in [3.63, 3.8) is 0 Å². The molecular weight excluding hydrogens is 494 g/mol. The molecule has 4 rings (SSSR count). The van der Waals surface area contributed by atoms with E-state index < -0.39 is 17.9 Å². The predicted octanol–water partition coefficient (Wildman–Crippen LogP) is 6.07. The molecule has 1 aromatic heterocycles. The number of hydrogen-bond donors (Lipinski definition) is 2. The van der Waals surface area contributed by atoms with E-state index in [4.69, 9.17) is 4.98 Å². The number of anilines is 1. The maximum atomic E-state index is 12.8. The van der Waals surface area contributed by atoms with E-state index in [0.29, 0.717) is 18.7 Å². The fraction of sp³-hybridized carbons (Fsp3) is 0.258. The van der Waals surface area contributed by atoms with E-state index in [1.54, 1.807) is 23.5 Å². The van der Waals surface area contributed by atoms with Gasteiger partial charge < -0.3 is 15.3 Å². The number of nitrogens with one attached hydrogen (secondary N) is 1. The molecule has 0 aliphatic rings. The molecule has 4 aromatic rings. The SMILES string of the molecule is CC(C)(C)c1csc(N(Cc2ccccc2)Cc2ccc(C(=O)NC(Cc3ccccc3)C(=O)O)cc2)n1. The number of nitrogens with zero attached hydrogens (tertiary/aromatic N) is 2. The lowest BCUT2D eigenvalue weighted by Gasteiger charge is -2.23. The van der Waals surface area contributed by atoms with Crippen LogP contribution in [0.25, 0.3) is 0 Å². The minimum absolute atomic E-state index is 0.0313. The van der Waals surface area contributed by atoms with Crippen LogP contribution < -0.4 is 10.2 Å². The predicted molar refractivity (Wildman–Crippen MR) is 153 cm³/mol. The zero-order chi connectivity index (χ0) is 27.1. The second kappa shape index (κ2) is 12.0. The molecule has 0 bridgehead atoms.